The summed E-state index contributed by atoms with van der Waals surface area (Å²) in [5.41, 5.74) is 2.47. The maximum absolute atomic E-state index is 12.6. The van der Waals surface area contributed by atoms with Crippen LogP contribution in [0.5, 0.6) is 17.2 Å². The van der Waals surface area contributed by atoms with E-state index in [4.69, 9.17) is 14.2 Å². The fourth-order valence-corrected chi connectivity index (χ4v) is 2.66. The summed E-state index contributed by atoms with van der Waals surface area (Å²) in [4.78, 5) is 12.6. The van der Waals surface area contributed by atoms with Crippen LogP contribution in [0.3, 0.4) is 0 Å². The summed E-state index contributed by atoms with van der Waals surface area (Å²) in [5.74, 6) is 2.17. The Morgan fingerprint density at radius 1 is 0.966 bits per heavy atom. The number of carbonyl (C=O) groups is 1. The van der Waals surface area contributed by atoms with Crippen molar-refractivity contribution in [3.63, 3.8) is 0 Å². The van der Waals surface area contributed by atoms with Gasteiger partial charge in [-0.1, -0.05) is 26.5 Å². The van der Waals surface area contributed by atoms with Gasteiger partial charge in [0, 0.05) is 17.2 Å². The van der Waals surface area contributed by atoms with Gasteiger partial charge in [-0.05, 0) is 67.8 Å². The summed E-state index contributed by atoms with van der Waals surface area (Å²) >= 11 is 0. The Morgan fingerprint density at radius 3 is 2.24 bits per heavy atom. The van der Waals surface area contributed by atoms with E-state index in [0.29, 0.717) is 31.1 Å². The van der Waals surface area contributed by atoms with Crippen molar-refractivity contribution in [1.29, 1.82) is 0 Å². The zero-order valence-electron chi connectivity index (χ0n) is 17.6. The van der Waals surface area contributed by atoms with Gasteiger partial charge >= 0.3 is 0 Å². The number of carbonyl (C=O) groups excluding carboxylic acids is 1. The van der Waals surface area contributed by atoms with E-state index in [2.05, 4.69) is 20.4 Å². The van der Waals surface area contributed by atoms with E-state index in [1.807, 2.05) is 19.1 Å². The molecule has 0 aromatic heterocycles. The monoisotopic (exact) mass is 394 g/mol. The molecular weight excluding hydrogens is 364 g/mol. The fraction of sp³-hybridized carbons (Fsp3) is 0.320. The van der Waals surface area contributed by atoms with Gasteiger partial charge in [-0.15, -0.1) is 0 Å². The molecule has 154 valence electrons. The molecule has 0 saturated heterocycles. The molecule has 0 bridgehead atoms. The highest BCUT2D eigenvalue weighted by molar-refractivity contribution is 6.07. The van der Waals surface area contributed by atoms with Crippen LogP contribution in [0.1, 0.15) is 48.2 Å². The number of ether oxygens (including phenoxy) is 3. The average Bonchev–Trinajstić information content (AvgIpc) is 2.74. The van der Waals surface area contributed by atoms with Crippen LogP contribution in [-0.4, -0.2) is 25.6 Å². The maximum atomic E-state index is 12.6. The third kappa shape index (κ3) is 6.83. The number of hydrogen-bond donors (Lipinski definition) is 0. The van der Waals surface area contributed by atoms with E-state index in [9.17, 15) is 4.79 Å². The van der Waals surface area contributed by atoms with Gasteiger partial charge in [0.15, 0.2) is 5.78 Å². The van der Waals surface area contributed by atoms with Crippen LogP contribution in [0.25, 0.3) is 6.08 Å². The van der Waals surface area contributed by atoms with Crippen molar-refractivity contribution in [2.75, 3.05) is 19.8 Å². The van der Waals surface area contributed by atoms with Crippen molar-refractivity contribution in [3.8, 4) is 17.2 Å². The number of benzene rings is 2. The van der Waals surface area contributed by atoms with E-state index >= 15 is 0 Å². The minimum absolute atomic E-state index is 0.0781. The smallest absolute Gasteiger partial charge is 0.185 e. The molecule has 0 aliphatic heterocycles. The van der Waals surface area contributed by atoms with E-state index in [1.165, 1.54) is 0 Å². The minimum Gasteiger partial charge on any atom is -0.493 e. The van der Waals surface area contributed by atoms with Gasteiger partial charge in [0.25, 0.3) is 0 Å². The van der Waals surface area contributed by atoms with Crippen LogP contribution in [0.2, 0.25) is 0 Å². The summed E-state index contributed by atoms with van der Waals surface area (Å²) in [6, 6.07) is 11.0. The molecular formula is C25H30O4. The molecule has 0 radical (unpaired) electrons. The Bertz CT molecular complexity index is 835. The first kappa shape index (κ1) is 22.3. The van der Waals surface area contributed by atoms with Crippen LogP contribution < -0.4 is 14.2 Å². The van der Waals surface area contributed by atoms with Crippen molar-refractivity contribution in [2.45, 2.75) is 33.6 Å². The first-order valence-electron chi connectivity index (χ1n) is 10.0. The number of hydrogen-bond acceptors (Lipinski definition) is 4. The Kier molecular flexibility index (Phi) is 9.03. The van der Waals surface area contributed by atoms with E-state index in [1.54, 1.807) is 42.5 Å². The van der Waals surface area contributed by atoms with Crippen molar-refractivity contribution in [2.24, 2.45) is 0 Å². The predicted molar refractivity (Wildman–Crippen MR) is 118 cm³/mol. The standard InChI is InChI=1S/C25H30O4/c1-5-14-27-22-11-8-20(9-12-22)23(26)13-10-21-17-19(4)24(28-15-6-2)18-25(21)29-16-7-3/h5,8-13,17-18H,1,6-7,14-16H2,2-4H3/b13-10+. The number of aryl methyl sites for hydroxylation is 1. The molecule has 4 heteroatoms. The van der Waals surface area contributed by atoms with E-state index in [0.717, 1.165) is 35.5 Å². The van der Waals surface area contributed by atoms with Crippen LogP contribution in [0, 0.1) is 6.92 Å². The molecule has 0 aliphatic rings. The summed E-state index contributed by atoms with van der Waals surface area (Å²) in [5, 5.41) is 0. The normalized spacial score (nSPS) is 10.7. The van der Waals surface area contributed by atoms with Crippen molar-refractivity contribution in [3.05, 3.63) is 71.8 Å². The van der Waals surface area contributed by atoms with Gasteiger partial charge in [-0.2, -0.15) is 0 Å². The molecule has 0 atom stereocenters. The molecule has 0 saturated carbocycles. The first-order valence-corrected chi connectivity index (χ1v) is 10.0. The van der Waals surface area contributed by atoms with Gasteiger partial charge in [-0.3, -0.25) is 4.79 Å². The quantitative estimate of drug-likeness (QED) is 0.250. The summed E-state index contributed by atoms with van der Waals surface area (Å²) in [6.45, 7) is 11.5. The lowest BCUT2D eigenvalue weighted by Gasteiger charge is -2.14. The van der Waals surface area contributed by atoms with Gasteiger partial charge in [0.2, 0.25) is 0 Å². The highest BCUT2D eigenvalue weighted by Crippen LogP contribution is 2.30. The number of rotatable bonds is 12. The molecule has 0 heterocycles. The molecule has 0 unspecified atom stereocenters. The Balaban J connectivity index is 2.19. The summed E-state index contributed by atoms with van der Waals surface area (Å²) < 4.78 is 17.1. The van der Waals surface area contributed by atoms with Crippen LogP contribution in [0.4, 0.5) is 0 Å². The van der Waals surface area contributed by atoms with E-state index < -0.39 is 0 Å². The molecule has 2 rings (SSSR count). The molecule has 0 aliphatic carbocycles. The molecule has 29 heavy (non-hydrogen) atoms. The largest absolute Gasteiger partial charge is 0.493 e. The Morgan fingerprint density at radius 2 is 1.62 bits per heavy atom. The Hall–Kier alpha value is -3.01. The second-order valence-electron chi connectivity index (χ2n) is 6.67. The predicted octanol–water partition coefficient (Wildman–Crippen LogP) is 6.03. The molecule has 0 spiro atoms. The van der Waals surface area contributed by atoms with Gasteiger partial charge in [-0.25, -0.2) is 0 Å². The lowest BCUT2D eigenvalue weighted by atomic mass is 10.1. The van der Waals surface area contributed by atoms with Crippen molar-refractivity contribution < 1.29 is 19.0 Å². The highest BCUT2D eigenvalue weighted by Gasteiger charge is 2.09. The molecule has 0 amide bonds. The lowest BCUT2D eigenvalue weighted by molar-refractivity contribution is 0.104. The van der Waals surface area contributed by atoms with Crippen molar-refractivity contribution >= 4 is 11.9 Å². The third-order valence-electron chi connectivity index (χ3n) is 4.15. The maximum Gasteiger partial charge on any atom is 0.185 e. The number of allylic oxidation sites excluding steroid dienone is 1. The molecule has 2 aromatic carbocycles. The Labute approximate surface area is 173 Å². The molecule has 0 fully saturated rings. The minimum atomic E-state index is -0.0781. The van der Waals surface area contributed by atoms with Crippen molar-refractivity contribution in [1.82, 2.24) is 0 Å². The van der Waals surface area contributed by atoms with Crippen LogP contribution in [0.15, 0.2) is 55.1 Å². The highest BCUT2D eigenvalue weighted by atomic mass is 16.5. The summed E-state index contributed by atoms with van der Waals surface area (Å²) in [6.07, 6.45) is 6.89. The number of ketones is 1. The lowest BCUT2D eigenvalue weighted by Crippen LogP contribution is -2.02. The second-order valence-corrected chi connectivity index (χ2v) is 6.67. The topological polar surface area (TPSA) is 44.8 Å². The van der Waals surface area contributed by atoms with Gasteiger partial charge < -0.3 is 14.2 Å². The third-order valence-corrected chi connectivity index (χ3v) is 4.15. The zero-order chi connectivity index (χ0) is 21.1. The summed E-state index contributed by atoms with van der Waals surface area (Å²) in [7, 11) is 0. The van der Waals surface area contributed by atoms with Gasteiger partial charge in [0.05, 0.1) is 13.2 Å². The van der Waals surface area contributed by atoms with Crippen LogP contribution in [-0.2, 0) is 0 Å². The molecule has 4 nitrogen and oxygen atoms in total. The molecule has 0 N–H and O–H groups in total. The fourth-order valence-electron chi connectivity index (χ4n) is 2.66. The molecule has 2 aromatic rings. The van der Waals surface area contributed by atoms with Crippen LogP contribution >= 0.6 is 0 Å². The zero-order valence-corrected chi connectivity index (χ0v) is 17.6. The first-order chi connectivity index (χ1) is 14.1. The SMILES string of the molecule is C=CCOc1ccc(C(=O)/C=C/c2cc(C)c(OCCC)cc2OCCC)cc1. The average molecular weight is 395 g/mol. The van der Waals surface area contributed by atoms with E-state index in [-0.39, 0.29) is 5.78 Å². The van der Waals surface area contributed by atoms with Gasteiger partial charge in [0.1, 0.15) is 23.9 Å². The second kappa shape index (κ2) is 11.7.